The number of rotatable bonds is 5. The maximum Gasteiger partial charge on any atom is 0.408 e. The van der Waals surface area contributed by atoms with Crippen molar-refractivity contribution in [2.75, 3.05) is 19.7 Å². The summed E-state index contributed by atoms with van der Waals surface area (Å²) in [6.07, 6.45) is -2.23. The number of hydrogen-bond acceptors (Lipinski definition) is 6. The zero-order chi connectivity index (χ0) is 23.2. The topological polar surface area (TPSA) is 90.4 Å². The van der Waals surface area contributed by atoms with Crippen molar-refractivity contribution in [3.05, 3.63) is 59.8 Å². The van der Waals surface area contributed by atoms with Gasteiger partial charge in [0.1, 0.15) is 11.7 Å². The minimum atomic E-state index is -4.49. The summed E-state index contributed by atoms with van der Waals surface area (Å²) in [6, 6.07) is 10.5. The van der Waals surface area contributed by atoms with Gasteiger partial charge >= 0.3 is 6.18 Å². The molecule has 1 saturated heterocycles. The van der Waals surface area contributed by atoms with E-state index >= 15 is 0 Å². The fraction of sp³-hybridized carbons (Fsp3) is 0.304. The Balaban J connectivity index is 1.59. The van der Waals surface area contributed by atoms with Crippen LogP contribution in [-0.2, 0) is 6.42 Å². The zero-order valence-electron chi connectivity index (χ0n) is 17.5. The molecular weight excluding hydrogens is 433 g/mol. The zero-order valence-corrected chi connectivity index (χ0v) is 17.5. The number of benzene rings is 1. The smallest absolute Gasteiger partial charge is 0.396 e. The molecule has 0 spiro atoms. The molecule has 10 heteroatoms. The number of halogens is 3. The van der Waals surface area contributed by atoms with Gasteiger partial charge in [0, 0.05) is 37.0 Å². The van der Waals surface area contributed by atoms with Crippen LogP contribution in [0.1, 0.15) is 23.6 Å². The van der Waals surface area contributed by atoms with Crippen LogP contribution in [0.15, 0.2) is 48.7 Å². The van der Waals surface area contributed by atoms with Gasteiger partial charge in [-0.2, -0.15) is 13.2 Å². The molecule has 0 aliphatic carbocycles. The van der Waals surface area contributed by atoms with Crippen LogP contribution in [-0.4, -0.2) is 61.2 Å². The largest absolute Gasteiger partial charge is 0.408 e. The van der Waals surface area contributed by atoms with Crippen LogP contribution in [0.3, 0.4) is 0 Å². The highest BCUT2D eigenvalue weighted by Crippen LogP contribution is 2.39. The Bertz CT molecular complexity index is 1350. The number of aliphatic hydroxyl groups is 1. The SMILES string of the molecule is N=C1CCN([C@H](c2ccc3nnc(-c4ccc5ccc(CCO)cc5n4)n3c2)C(F)(F)F)C1. The third kappa shape index (κ3) is 4.07. The molecule has 1 fully saturated rings. The molecule has 7 nitrogen and oxygen atoms in total. The van der Waals surface area contributed by atoms with Crippen molar-refractivity contribution >= 4 is 22.3 Å². The van der Waals surface area contributed by atoms with E-state index in [0.717, 1.165) is 10.9 Å². The first-order valence-electron chi connectivity index (χ1n) is 10.6. The summed E-state index contributed by atoms with van der Waals surface area (Å²) >= 11 is 0. The third-order valence-electron chi connectivity index (χ3n) is 5.90. The number of nitrogens with one attached hydrogen (secondary N) is 1. The lowest BCUT2D eigenvalue weighted by Crippen LogP contribution is -2.37. The highest BCUT2D eigenvalue weighted by molar-refractivity contribution is 5.85. The molecule has 1 aromatic carbocycles. The molecule has 1 aliphatic rings. The summed E-state index contributed by atoms with van der Waals surface area (Å²) < 4.78 is 43.6. The second-order valence-electron chi connectivity index (χ2n) is 8.18. The molecule has 0 saturated carbocycles. The van der Waals surface area contributed by atoms with Crippen molar-refractivity contribution < 1.29 is 18.3 Å². The van der Waals surface area contributed by atoms with Crippen molar-refractivity contribution in [1.82, 2.24) is 24.5 Å². The number of alkyl halides is 3. The molecule has 0 unspecified atom stereocenters. The van der Waals surface area contributed by atoms with Crippen LogP contribution < -0.4 is 0 Å². The van der Waals surface area contributed by atoms with Gasteiger partial charge in [-0.25, -0.2) is 4.98 Å². The molecular formula is C23H21F3N6O. The predicted octanol–water partition coefficient (Wildman–Crippen LogP) is 3.81. The fourth-order valence-electron chi connectivity index (χ4n) is 4.32. The molecule has 4 aromatic rings. The summed E-state index contributed by atoms with van der Waals surface area (Å²) in [5.41, 5.74) is 2.91. The molecule has 3 aromatic heterocycles. The molecule has 2 N–H and O–H groups in total. The van der Waals surface area contributed by atoms with Gasteiger partial charge < -0.3 is 10.5 Å². The first kappa shape index (κ1) is 21.5. The molecule has 0 radical (unpaired) electrons. The molecule has 0 amide bonds. The third-order valence-corrected chi connectivity index (χ3v) is 5.90. The van der Waals surface area contributed by atoms with E-state index in [4.69, 9.17) is 5.41 Å². The van der Waals surface area contributed by atoms with Crippen molar-refractivity contribution in [2.45, 2.75) is 25.1 Å². The summed E-state index contributed by atoms with van der Waals surface area (Å²) in [5.74, 6) is 0.344. The number of aliphatic hydroxyl groups excluding tert-OH is 1. The minimum Gasteiger partial charge on any atom is -0.396 e. The highest BCUT2D eigenvalue weighted by Gasteiger charge is 2.46. The Morgan fingerprint density at radius 2 is 1.91 bits per heavy atom. The number of pyridine rings is 2. The first-order valence-corrected chi connectivity index (χ1v) is 10.6. The van der Waals surface area contributed by atoms with Gasteiger partial charge in [0.2, 0.25) is 0 Å². The van der Waals surface area contributed by atoms with Gasteiger partial charge in [-0.05, 0) is 42.2 Å². The van der Waals surface area contributed by atoms with Crippen LogP contribution in [0.25, 0.3) is 28.1 Å². The number of aromatic nitrogens is 4. The lowest BCUT2D eigenvalue weighted by Gasteiger charge is -2.29. The predicted molar refractivity (Wildman–Crippen MR) is 117 cm³/mol. The van der Waals surface area contributed by atoms with Gasteiger partial charge in [0.25, 0.3) is 0 Å². The van der Waals surface area contributed by atoms with Crippen LogP contribution >= 0.6 is 0 Å². The van der Waals surface area contributed by atoms with E-state index in [1.54, 1.807) is 6.07 Å². The number of hydrogen-bond donors (Lipinski definition) is 2. The van der Waals surface area contributed by atoms with E-state index in [1.807, 2.05) is 24.3 Å². The van der Waals surface area contributed by atoms with E-state index in [-0.39, 0.29) is 25.3 Å². The Morgan fingerprint density at radius 3 is 2.64 bits per heavy atom. The summed E-state index contributed by atoms with van der Waals surface area (Å²) in [7, 11) is 0. The summed E-state index contributed by atoms with van der Waals surface area (Å²) in [4.78, 5) is 5.94. The van der Waals surface area contributed by atoms with E-state index in [9.17, 15) is 18.3 Å². The molecule has 170 valence electrons. The second-order valence-corrected chi connectivity index (χ2v) is 8.18. The van der Waals surface area contributed by atoms with E-state index < -0.39 is 12.2 Å². The number of fused-ring (bicyclic) bond motifs is 2. The Kier molecular flexibility index (Phi) is 5.34. The standard InChI is InChI=1S/C23H21F3N6O/c24-23(25,26)21(31-9-7-17(27)13-31)16-4-6-20-29-30-22(32(20)12-16)18-5-3-15-2-1-14(8-10-33)11-19(15)28-18/h1-6,11-12,21,27,33H,7-10,13H2/t21-/m1/s1. The van der Waals surface area contributed by atoms with Crippen LogP contribution in [0.5, 0.6) is 0 Å². The van der Waals surface area contributed by atoms with E-state index in [2.05, 4.69) is 15.2 Å². The monoisotopic (exact) mass is 454 g/mol. The van der Waals surface area contributed by atoms with Gasteiger partial charge in [0.05, 0.1) is 5.52 Å². The molecule has 5 rings (SSSR count). The van der Waals surface area contributed by atoms with Crippen molar-refractivity contribution in [2.24, 2.45) is 0 Å². The Hall–Kier alpha value is -3.37. The molecule has 4 heterocycles. The van der Waals surface area contributed by atoms with E-state index in [0.29, 0.717) is 41.2 Å². The van der Waals surface area contributed by atoms with Gasteiger partial charge in [0.15, 0.2) is 11.5 Å². The maximum atomic E-state index is 14.0. The normalized spacial score (nSPS) is 16.2. The molecule has 1 aliphatic heterocycles. The lowest BCUT2D eigenvalue weighted by molar-refractivity contribution is -0.183. The average molecular weight is 454 g/mol. The second kappa shape index (κ2) is 8.20. The maximum absolute atomic E-state index is 14.0. The van der Waals surface area contributed by atoms with Crippen molar-refractivity contribution in [3.8, 4) is 11.5 Å². The van der Waals surface area contributed by atoms with Crippen LogP contribution in [0.4, 0.5) is 13.2 Å². The lowest BCUT2D eigenvalue weighted by atomic mass is 10.1. The fourth-order valence-corrected chi connectivity index (χ4v) is 4.32. The van der Waals surface area contributed by atoms with Gasteiger partial charge in [-0.3, -0.25) is 9.30 Å². The van der Waals surface area contributed by atoms with Gasteiger partial charge in [-0.15, -0.1) is 10.2 Å². The molecule has 33 heavy (non-hydrogen) atoms. The van der Waals surface area contributed by atoms with E-state index in [1.165, 1.54) is 27.6 Å². The van der Waals surface area contributed by atoms with Crippen molar-refractivity contribution in [1.29, 1.82) is 5.41 Å². The molecule has 1 atom stereocenters. The quantitative estimate of drug-likeness (QED) is 0.479. The summed E-state index contributed by atoms with van der Waals surface area (Å²) in [6.45, 7) is 0.220. The average Bonchev–Trinajstić information content (AvgIpc) is 3.38. The first-order chi connectivity index (χ1) is 15.8. The van der Waals surface area contributed by atoms with Crippen LogP contribution in [0, 0.1) is 5.41 Å². The van der Waals surface area contributed by atoms with Gasteiger partial charge in [-0.1, -0.05) is 24.3 Å². The Morgan fingerprint density at radius 1 is 1.09 bits per heavy atom. The molecule has 0 bridgehead atoms. The van der Waals surface area contributed by atoms with Crippen LogP contribution in [0.2, 0.25) is 0 Å². The highest BCUT2D eigenvalue weighted by atomic mass is 19.4. The van der Waals surface area contributed by atoms with Crippen molar-refractivity contribution in [3.63, 3.8) is 0 Å². The Labute approximate surface area is 187 Å². The number of nitrogens with zero attached hydrogens (tertiary/aromatic N) is 5. The number of likely N-dealkylation sites (tertiary alicyclic amines) is 1. The minimum absolute atomic E-state index is 0.000344. The summed E-state index contributed by atoms with van der Waals surface area (Å²) in [5, 5.41) is 26.1.